The average Bonchev–Trinajstić information content (AvgIpc) is 2.91. The average molecular weight is 308 g/mol. The Hall–Kier alpha value is -2.54. The fourth-order valence-electron chi connectivity index (χ4n) is 1.89. The first-order valence-corrected chi connectivity index (χ1v) is 6.24. The molecule has 0 aliphatic carbocycles. The van der Waals surface area contributed by atoms with E-state index in [1.54, 1.807) is 18.2 Å². The fourth-order valence-corrected chi connectivity index (χ4v) is 2.10. The zero-order valence-corrected chi connectivity index (χ0v) is 11.2. The Morgan fingerprint density at radius 3 is 2.71 bits per heavy atom. The SMILES string of the molecule is Nc1cccc(-c2nnnn2-c2ccc(F)cc2F)c1Cl. The van der Waals surface area contributed by atoms with Crippen LogP contribution in [0.5, 0.6) is 0 Å². The van der Waals surface area contributed by atoms with Gasteiger partial charge in [-0.3, -0.25) is 0 Å². The zero-order valence-electron chi connectivity index (χ0n) is 10.5. The highest BCUT2D eigenvalue weighted by Crippen LogP contribution is 2.31. The largest absolute Gasteiger partial charge is 0.398 e. The van der Waals surface area contributed by atoms with Gasteiger partial charge < -0.3 is 5.73 Å². The Morgan fingerprint density at radius 2 is 1.95 bits per heavy atom. The van der Waals surface area contributed by atoms with Gasteiger partial charge in [0.1, 0.15) is 11.5 Å². The summed E-state index contributed by atoms with van der Waals surface area (Å²) < 4.78 is 28.0. The highest BCUT2D eigenvalue weighted by atomic mass is 35.5. The maximum absolute atomic E-state index is 13.9. The monoisotopic (exact) mass is 307 g/mol. The molecule has 106 valence electrons. The molecule has 0 bridgehead atoms. The molecular formula is C13H8ClF2N5. The summed E-state index contributed by atoms with van der Waals surface area (Å²) in [4.78, 5) is 0. The minimum atomic E-state index is -0.788. The number of rotatable bonds is 2. The molecule has 1 heterocycles. The van der Waals surface area contributed by atoms with Gasteiger partial charge in [0.15, 0.2) is 11.6 Å². The molecule has 0 amide bonds. The lowest BCUT2D eigenvalue weighted by atomic mass is 10.2. The van der Waals surface area contributed by atoms with Crippen molar-refractivity contribution < 1.29 is 8.78 Å². The summed E-state index contributed by atoms with van der Waals surface area (Å²) in [7, 11) is 0. The van der Waals surface area contributed by atoms with Gasteiger partial charge in [-0.05, 0) is 34.7 Å². The van der Waals surface area contributed by atoms with Gasteiger partial charge in [-0.25, -0.2) is 8.78 Å². The van der Waals surface area contributed by atoms with Gasteiger partial charge in [-0.2, -0.15) is 4.68 Å². The quantitative estimate of drug-likeness (QED) is 0.739. The normalized spacial score (nSPS) is 10.8. The Labute approximate surface area is 123 Å². The molecule has 3 aromatic rings. The van der Waals surface area contributed by atoms with Gasteiger partial charge >= 0.3 is 0 Å². The fraction of sp³-hybridized carbons (Fsp3) is 0. The lowest BCUT2D eigenvalue weighted by Crippen LogP contribution is -2.03. The van der Waals surface area contributed by atoms with Crippen LogP contribution in [0.3, 0.4) is 0 Å². The Morgan fingerprint density at radius 1 is 1.14 bits per heavy atom. The lowest BCUT2D eigenvalue weighted by molar-refractivity contribution is 0.572. The number of aromatic nitrogens is 4. The standard InChI is InChI=1S/C13H8ClF2N5/c14-12-8(2-1-3-10(12)17)13-18-19-20-21(13)11-5-4-7(15)6-9(11)16/h1-6H,17H2. The maximum Gasteiger partial charge on any atom is 0.188 e. The van der Waals surface area contributed by atoms with Crippen molar-refractivity contribution >= 4 is 17.3 Å². The molecule has 2 aromatic carbocycles. The number of hydrogen-bond acceptors (Lipinski definition) is 4. The predicted octanol–water partition coefficient (Wildman–Crippen LogP) is 2.84. The number of benzene rings is 2. The van der Waals surface area contributed by atoms with Gasteiger partial charge in [0.2, 0.25) is 0 Å². The van der Waals surface area contributed by atoms with Crippen molar-refractivity contribution in [3.05, 3.63) is 53.1 Å². The third-order valence-electron chi connectivity index (χ3n) is 2.88. The number of nitrogen functional groups attached to an aromatic ring is 1. The highest BCUT2D eigenvalue weighted by molar-refractivity contribution is 6.35. The van der Waals surface area contributed by atoms with Crippen molar-refractivity contribution in [3.63, 3.8) is 0 Å². The predicted molar refractivity (Wildman–Crippen MR) is 73.9 cm³/mol. The number of nitrogens with zero attached hydrogens (tertiary/aromatic N) is 4. The van der Waals surface area contributed by atoms with E-state index in [2.05, 4.69) is 15.5 Å². The van der Waals surface area contributed by atoms with Gasteiger partial charge in [0, 0.05) is 11.6 Å². The van der Waals surface area contributed by atoms with Gasteiger partial charge in [-0.15, -0.1) is 5.10 Å². The van der Waals surface area contributed by atoms with E-state index in [1.165, 1.54) is 6.07 Å². The number of halogens is 3. The van der Waals surface area contributed by atoms with E-state index in [4.69, 9.17) is 17.3 Å². The van der Waals surface area contributed by atoms with Crippen molar-refractivity contribution in [1.82, 2.24) is 20.2 Å². The summed E-state index contributed by atoms with van der Waals surface area (Å²) in [6, 6.07) is 8.06. The topological polar surface area (TPSA) is 69.6 Å². The van der Waals surface area contributed by atoms with Crippen LogP contribution < -0.4 is 5.73 Å². The van der Waals surface area contributed by atoms with Crippen LogP contribution in [0.1, 0.15) is 0 Å². The van der Waals surface area contributed by atoms with Crippen LogP contribution >= 0.6 is 11.6 Å². The summed E-state index contributed by atoms with van der Waals surface area (Å²) in [5.41, 5.74) is 6.54. The molecule has 3 rings (SSSR count). The molecule has 0 aliphatic heterocycles. The summed E-state index contributed by atoms with van der Waals surface area (Å²) in [5.74, 6) is -1.27. The van der Waals surface area contributed by atoms with Crippen LogP contribution in [0.4, 0.5) is 14.5 Å². The van der Waals surface area contributed by atoms with Crippen molar-refractivity contribution in [2.75, 3.05) is 5.73 Å². The molecule has 2 N–H and O–H groups in total. The molecule has 0 saturated carbocycles. The first-order chi connectivity index (χ1) is 10.1. The molecule has 0 atom stereocenters. The first-order valence-electron chi connectivity index (χ1n) is 5.86. The highest BCUT2D eigenvalue weighted by Gasteiger charge is 2.17. The molecule has 1 aromatic heterocycles. The van der Waals surface area contributed by atoms with Crippen molar-refractivity contribution in [1.29, 1.82) is 0 Å². The minimum Gasteiger partial charge on any atom is -0.398 e. The van der Waals surface area contributed by atoms with Gasteiger partial charge in [0.05, 0.1) is 10.7 Å². The van der Waals surface area contributed by atoms with E-state index in [-0.39, 0.29) is 16.5 Å². The lowest BCUT2D eigenvalue weighted by Gasteiger charge is -2.08. The number of anilines is 1. The smallest absolute Gasteiger partial charge is 0.188 e. The molecule has 0 unspecified atom stereocenters. The number of hydrogen-bond donors (Lipinski definition) is 1. The molecule has 8 heteroatoms. The zero-order chi connectivity index (χ0) is 15.0. The summed E-state index contributed by atoms with van der Waals surface area (Å²) in [6.45, 7) is 0. The van der Waals surface area contributed by atoms with E-state index in [0.717, 1.165) is 16.8 Å². The number of nitrogens with two attached hydrogens (primary N) is 1. The summed E-state index contributed by atoms with van der Waals surface area (Å²) in [6.07, 6.45) is 0. The Kier molecular flexibility index (Phi) is 3.26. The first kappa shape index (κ1) is 13.4. The number of tetrazole rings is 1. The molecule has 0 radical (unpaired) electrons. The van der Waals surface area contributed by atoms with Crippen LogP contribution in [0.25, 0.3) is 17.1 Å². The molecule has 5 nitrogen and oxygen atoms in total. The van der Waals surface area contributed by atoms with E-state index in [1.807, 2.05) is 0 Å². The van der Waals surface area contributed by atoms with Gasteiger partial charge in [0.25, 0.3) is 0 Å². The van der Waals surface area contributed by atoms with E-state index < -0.39 is 11.6 Å². The maximum atomic E-state index is 13.9. The second-order valence-corrected chi connectivity index (χ2v) is 4.60. The van der Waals surface area contributed by atoms with E-state index in [9.17, 15) is 8.78 Å². The van der Waals surface area contributed by atoms with Crippen molar-refractivity contribution in [2.24, 2.45) is 0 Å². The molecular weight excluding hydrogens is 300 g/mol. The molecule has 0 aliphatic rings. The molecule has 21 heavy (non-hydrogen) atoms. The second kappa shape index (κ2) is 5.10. The third kappa shape index (κ3) is 2.31. The van der Waals surface area contributed by atoms with E-state index in [0.29, 0.717) is 11.3 Å². The van der Waals surface area contributed by atoms with Crippen molar-refractivity contribution in [2.45, 2.75) is 0 Å². The summed E-state index contributed by atoms with van der Waals surface area (Å²) in [5, 5.41) is 11.3. The molecule has 0 fully saturated rings. The van der Waals surface area contributed by atoms with Crippen molar-refractivity contribution in [3.8, 4) is 17.1 Å². The Balaban J connectivity index is 2.20. The summed E-state index contributed by atoms with van der Waals surface area (Å²) >= 11 is 6.12. The van der Waals surface area contributed by atoms with Crippen LogP contribution in [-0.4, -0.2) is 20.2 Å². The minimum absolute atomic E-state index is 0.00916. The second-order valence-electron chi connectivity index (χ2n) is 4.22. The van der Waals surface area contributed by atoms with Crippen LogP contribution in [-0.2, 0) is 0 Å². The van der Waals surface area contributed by atoms with E-state index >= 15 is 0 Å². The van der Waals surface area contributed by atoms with Crippen LogP contribution in [0, 0.1) is 11.6 Å². The van der Waals surface area contributed by atoms with Crippen LogP contribution in [0.15, 0.2) is 36.4 Å². The molecule has 0 spiro atoms. The molecule has 0 saturated heterocycles. The van der Waals surface area contributed by atoms with Crippen LogP contribution in [0.2, 0.25) is 5.02 Å². The third-order valence-corrected chi connectivity index (χ3v) is 3.30. The van der Waals surface area contributed by atoms with Gasteiger partial charge in [-0.1, -0.05) is 17.7 Å². The Bertz CT molecular complexity index is 818.